The molecule has 1 aromatic carbocycles. The molecule has 126 valence electrons. The second kappa shape index (κ2) is 6.12. The molecule has 0 radical (unpaired) electrons. The van der Waals surface area contributed by atoms with Gasteiger partial charge in [-0.15, -0.1) is 10.2 Å². The molecule has 1 aliphatic rings. The summed E-state index contributed by atoms with van der Waals surface area (Å²) in [5.41, 5.74) is 9.04. The Bertz CT molecular complexity index is 942. The summed E-state index contributed by atoms with van der Waals surface area (Å²) in [6.07, 6.45) is 3.40. The lowest BCUT2D eigenvalue weighted by Crippen LogP contribution is -2.36. The van der Waals surface area contributed by atoms with Gasteiger partial charge in [-0.3, -0.25) is 4.40 Å². The summed E-state index contributed by atoms with van der Waals surface area (Å²) in [4.78, 5) is 11.2. The van der Waals surface area contributed by atoms with E-state index in [0.29, 0.717) is 0 Å². The van der Waals surface area contributed by atoms with E-state index < -0.39 is 6.03 Å². The summed E-state index contributed by atoms with van der Waals surface area (Å²) in [5.74, 6) is 0.761. The van der Waals surface area contributed by atoms with E-state index >= 15 is 0 Å². The van der Waals surface area contributed by atoms with E-state index in [1.54, 1.807) is 0 Å². The van der Waals surface area contributed by atoms with Crippen LogP contribution in [0.5, 0.6) is 5.75 Å². The molecule has 0 unspecified atom stereocenters. The maximum Gasteiger partial charge on any atom is 0.312 e. The van der Waals surface area contributed by atoms with Gasteiger partial charge in [-0.1, -0.05) is 24.3 Å². The molecule has 2 aromatic heterocycles. The van der Waals surface area contributed by atoms with Gasteiger partial charge in [0, 0.05) is 0 Å². The zero-order chi connectivity index (χ0) is 17.4. The van der Waals surface area contributed by atoms with Crippen molar-refractivity contribution in [2.75, 3.05) is 0 Å². The number of fused-ring (bicyclic) bond motifs is 2. The number of hydrogen-bond acceptors (Lipinski definition) is 4. The smallest absolute Gasteiger partial charge is 0.312 e. The summed E-state index contributed by atoms with van der Waals surface area (Å²) in [7, 11) is 1.90. The number of hydrogen-bond donors (Lipinski definition) is 2. The Morgan fingerprint density at radius 1 is 1.20 bits per heavy atom. The number of nitrogens with zero attached hydrogens (tertiary/aromatic N) is 3. The quantitative estimate of drug-likeness (QED) is 0.686. The molecular weight excluding hydrogens is 317 g/mol. The average Bonchev–Trinajstić information content (AvgIpc) is 2.97. The molecule has 0 spiro atoms. The SMILES string of the molecule is Bc1nnc2ccc(O[C@@H]3CC[C@H](NC(N)=O)c4ccccc43)cn12. The van der Waals surface area contributed by atoms with E-state index in [2.05, 4.69) is 15.5 Å². The van der Waals surface area contributed by atoms with E-state index in [1.807, 2.05) is 54.8 Å². The third-order valence-electron chi connectivity index (χ3n) is 4.58. The number of rotatable bonds is 3. The van der Waals surface area contributed by atoms with Crippen molar-refractivity contribution in [3.05, 3.63) is 53.7 Å². The minimum atomic E-state index is -0.507. The first-order valence-corrected chi connectivity index (χ1v) is 8.24. The molecule has 1 aliphatic carbocycles. The number of primary amides is 1. The molecule has 0 saturated heterocycles. The van der Waals surface area contributed by atoms with Crippen LogP contribution in [0.3, 0.4) is 0 Å². The van der Waals surface area contributed by atoms with Crippen LogP contribution < -0.4 is 21.5 Å². The molecule has 0 bridgehead atoms. The molecule has 2 amide bonds. The van der Waals surface area contributed by atoms with Crippen LogP contribution >= 0.6 is 0 Å². The predicted octanol–water partition coefficient (Wildman–Crippen LogP) is 0.611. The van der Waals surface area contributed by atoms with Gasteiger partial charge in [0.05, 0.1) is 18.0 Å². The molecule has 2 atom stereocenters. The number of pyridine rings is 1. The second-order valence-electron chi connectivity index (χ2n) is 6.21. The maximum absolute atomic E-state index is 11.2. The predicted molar refractivity (Wildman–Crippen MR) is 95.7 cm³/mol. The fraction of sp³-hybridized carbons (Fsp3) is 0.235. The Kier molecular flexibility index (Phi) is 3.80. The van der Waals surface area contributed by atoms with Crippen LogP contribution in [0.1, 0.15) is 36.1 Å². The highest BCUT2D eigenvalue weighted by atomic mass is 16.5. The van der Waals surface area contributed by atoms with Crippen LogP contribution in [0.15, 0.2) is 42.6 Å². The molecule has 3 N–H and O–H groups in total. The zero-order valence-electron chi connectivity index (χ0n) is 13.8. The van der Waals surface area contributed by atoms with Gasteiger partial charge in [0.15, 0.2) is 13.5 Å². The molecule has 8 heteroatoms. The summed E-state index contributed by atoms with van der Waals surface area (Å²) < 4.78 is 8.15. The van der Waals surface area contributed by atoms with Gasteiger partial charge in [0.2, 0.25) is 0 Å². The molecular formula is C17H18BN5O2. The molecule has 3 aromatic rings. The van der Waals surface area contributed by atoms with E-state index in [0.717, 1.165) is 41.1 Å². The first-order chi connectivity index (χ1) is 12.1. The number of ether oxygens (including phenoxy) is 1. The summed E-state index contributed by atoms with van der Waals surface area (Å²) in [6.45, 7) is 0. The van der Waals surface area contributed by atoms with Crippen molar-refractivity contribution >= 4 is 25.2 Å². The lowest BCUT2D eigenvalue weighted by Gasteiger charge is -2.32. The molecule has 7 nitrogen and oxygen atoms in total. The minimum absolute atomic E-state index is 0.0728. The summed E-state index contributed by atoms with van der Waals surface area (Å²) >= 11 is 0. The second-order valence-corrected chi connectivity index (χ2v) is 6.21. The van der Waals surface area contributed by atoms with E-state index in [4.69, 9.17) is 10.5 Å². The fourth-order valence-corrected chi connectivity index (χ4v) is 3.41. The van der Waals surface area contributed by atoms with E-state index in [9.17, 15) is 4.79 Å². The Morgan fingerprint density at radius 2 is 2.00 bits per heavy atom. The van der Waals surface area contributed by atoms with E-state index in [1.165, 1.54) is 0 Å². The van der Waals surface area contributed by atoms with Crippen molar-refractivity contribution in [3.63, 3.8) is 0 Å². The lowest BCUT2D eigenvalue weighted by molar-refractivity contribution is 0.171. The third kappa shape index (κ3) is 2.91. The van der Waals surface area contributed by atoms with Gasteiger partial charge >= 0.3 is 6.03 Å². The zero-order valence-corrected chi connectivity index (χ0v) is 13.8. The van der Waals surface area contributed by atoms with Crippen molar-refractivity contribution in [1.82, 2.24) is 19.9 Å². The van der Waals surface area contributed by atoms with Gasteiger partial charge in [0.1, 0.15) is 11.9 Å². The summed E-state index contributed by atoms with van der Waals surface area (Å²) in [6, 6.07) is 11.2. The number of benzene rings is 1. The van der Waals surface area contributed by atoms with Crippen molar-refractivity contribution < 1.29 is 9.53 Å². The van der Waals surface area contributed by atoms with Crippen LogP contribution in [0.2, 0.25) is 0 Å². The first-order valence-electron chi connectivity index (χ1n) is 8.24. The number of nitrogens with one attached hydrogen (secondary N) is 1. The van der Waals surface area contributed by atoms with Gasteiger partial charge in [-0.2, -0.15) is 0 Å². The summed E-state index contributed by atoms with van der Waals surface area (Å²) in [5, 5.41) is 11.0. The van der Waals surface area contributed by atoms with Crippen LogP contribution in [-0.4, -0.2) is 28.5 Å². The maximum atomic E-state index is 11.2. The number of amides is 2. The minimum Gasteiger partial charge on any atom is -0.484 e. The Hall–Kier alpha value is -3.03. The topological polar surface area (TPSA) is 94.5 Å². The van der Waals surface area contributed by atoms with Crippen LogP contribution in [0.25, 0.3) is 5.65 Å². The number of carbonyl (C=O) groups is 1. The van der Waals surface area contributed by atoms with Crippen LogP contribution in [0, 0.1) is 0 Å². The highest BCUT2D eigenvalue weighted by Gasteiger charge is 2.28. The number of carbonyl (C=O) groups excluding carboxylic acids is 1. The monoisotopic (exact) mass is 335 g/mol. The normalized spacial score (nSPS) is 19.4. The molecule has 25 heavy (non-hydrogen) atoms. The van der Waals surface area contributed by atoms with E-state index in [-0.39, 0.29) is 12.1 Å². The molecule has 0 saturated carbocycles. The van der Waals surface area contributed by atoms with Crippen molar-refractivity contribution in [3.8, 4) is 5.75 Å². The fourth-order valence-electron chi connectivity index (χ4n) is 3.41. The Balaban J connectivity index is 1.63. The standard InChI is InChI=1S/C17H18BN5O2/c18-16-22-21-15-8-5-10(9-23(15)16)25-14-7-6-13(20-17(19)24)11-3-1-2-4-12(11)14/h1-5,8-9,13-14H,6-7,18H2,(H3,19,20,24)/t13-,14+/m0/s1. The van der Waals surface area contributed by atoms with Gasteiger partial charge in [-0.05, 0) is 36.1 Å². The van der Waals surface area contributed by atoms with Crippen LogP contribution in [0.4, 0.5) is 4.79 Å². The largest absolute Gasteiger partial charge is 0.484 e. The highest BCUT2D eigenvalue weighted by molar-refractivity contribution is 6.29. The Labute approximate surface area is 145 Å². The van der Waals surface area contributed by atoms with Gasteiger partial charge in [0.25, 0.3) is 0 Å². The lowest BCUT2D eigenvalue weighted by atomic mass is 9.85. The highest BCUT2D eigenvalue weighted by Crippen LogP contribution is 2.38. The Morgan fingerprint density at radius 3 is 2.80 bits per heavy atom. The van der Waals surface area contributed by atoms with Crippen molar-refractivity contribution in [2.45, 2.75) is 25.0 Å². The number of nitrogens with two attached hydrogens (primary N) is 1. The molecule has 0 fully saturated rings. The van der Waals surface area contributed by atoms with Gasteiger partial charge < -0.3 is 15.8 Å². The average molecular weight is 335 g/mol. The third-order valence-corrected chi connectivity index (χ3v) is 4.58. The first kappa shape index (κ1) is 15.5. The molecule has 4 rings (SSSR count). The molecule has 2 heterocycles. The molecule has 0 aliphatic heterocycles. The number of aromatic nitrogens is 3. The number of urea groups is 1. The van der Waals surface area contributed by atoms with Crippen molar-refractivity contribution in [1.29, 1.82) is 0 Å². The van der Waals surface area contributed by atoms with Crippen molar-refractivity contribution in [2.24, 2.45) is 5.73 Å². The van der Waals surface area contributed by atoms with Crippen LogP contribution in [-0.2, 0) is 0 Å². The van der Waals surface area contributed by atoms with Gasteiger partial charge in [-0.25, -0.2) is 4.79 Å².